The summed E-state index contributed by atoms with van der Waals surface area (Å²) in [4.78, 5) is 8.09. The minimum atomic E-state index is 0.251. The van der Waals surface area contributed by atoms with Crippen molar-refractivity contribution in [3.8, 4) is 17.6 Å². The van der Waals surface area contributed by atoms with Crippen LogP contribution in [-0.2, 0) is 0 Å². The van der Waals surface area contributed by atoms with Gasteiger partial charge >= 0.3 is 6.01 Å². The first-order valence-electron chi connectivity index (χ1n) is 5.27. The molecule has 0 aliphatic heterocycles. The second-order valence-corrected chi connectivity index (χ2v) is 3.28. The first kappa shape index (κ1) is 11.2. The highest BCUT2D eigenvalue weighted by molar-refractivity contribution is 5.42. The smallest absolute Gasteiger partial charge is 0.325 e. The number of benzene rings is 1. The van der Waals surface area contributed by atoms with Gasteiger partial charge in [0.25, 0.3) is 0 Å². The minimum Gasteiger partial charge on any atom is -0.478 e. The number of nitrogen functional groups attached to an aromatic ring is 1. The highest BCUT2D eigenvalue weighted by Gasteiger charge is 2.02. The molecule has 1 aromatic heterocycles. The number of nitrogens with two attached hydrogens (primary N) is 1. The molecule has 0 radical (unpaired) electrons. The van der Waals surface area contributed by atoms with Crippen LogP contribution in [-0.4, -0.2) is 16.6 Å². The summed E-state index contributed by atoms with van der Waals surface area (Å²) in [6.45, 7) is 2.45. The van der Waals surface area contributed by atoms with Crippen molar-refractivity contribution in [2.24, 2.45) is 0 Å². The van der Waals surface area contributed by atoms with Crippen molar-refractivity contribution in [3.05, 3.63) is 36.5 Å². The van der Waals surface area contributed by atoms with Gasteiger partial charge in [-0.3, -0.25) is 0 Å². The van der Waals surface area contributed by atoms with Gasteiger partial charge in [-0.25, -0.2) is 4.98 Å². The second-order valence-electron chi connectivity index (χ2n) is 3.28. The molecule has 0 fully saturated rings. The minimum absolute atomic E-state index is 0.251. The molecular formula is C12H13N3O2. The van der Waals surface area contributed by atoms with E-state index < -0.39 is 0 Å². The summed E-state index contributed by atoms with van der Waals surface area (Å²) in [5, 5.41) is 0. The molecule has 0 saturated carbocycles. The number of aromatic nitrogens is 2. The van der Waals surface area contributed by atoms with Crippen LogP contribution in [0.2, 0.25) is 0 Å². The number of nitrogens with zero attached hydrogens (tertiary/aromatic N) is 2. The lowest BCUT2D eigenvalue weighted by Gasteiger charge is -2.05. The maximum Gasteiger partial charge on any atom is 0.325 e. The van der Waals surface area contributed by atoms with Crippen molar-refractivity contribution in [2.75, 3.05) is 12.3 Å². The summed E-state index contributed by atoms with van der Waals surface area (Å²) < 4.78 is 10.7. The average molecular weight is 231 g/mol. The Morgan fingerprint density at radius 2 is 1.94 bits per heavy atom. The van der Waals surface area contributed by atoms with Gasteiger partial charge in [-0.15, -0.1) is 0 Å². The molecule has 2 aromatic rings. The summed E-state index contributed by atoms with van der Waals surface area (Å²) in [7, 11) is 0. The van der Waals surface area contributed by atoms with Gasteiger partial charge in [0.05, 0.1) is 6.61 Å². The molecule has 0 aliphatic rings. The molecule has 88 valence electrons. The number of anilines is 1. The van der Waals surface area contributed by atoms with Crippen molar-refractivity contribution >= 4 is 5.69 Å². The third-order valence-electron chi connectivity index (χ3n) is 1.99. The highest BCUT2D eigenvalue weighted by atomic mass is 16.5. The van der Waals surface area contributed by atoms with Gasteiger partial charge in [-0.2, -0.15) is 4.98 Å². The zero-order chi connectivity index (χ0) is 12.1. The van der Waals surface area contributed by atoms with Crippen LogP contribution >= 0.6 is 0 Å². The molecule has 0 unspecified atom stereocenters. The monoisotopic (exact) mass is 231 g/mol. The summed E-state index contributed by atoms with van der Waals surface area (Å²) >= 11 is 0. The van der Waals surface area contributed by atoms with E-state index in [0.29, 0.717) is 23.9 Å². The third-order valence-corrected chi connectivity index (χ3v) is 1.99. The zero-order valence-corrected chi connectivity index (χ0v) is 9.46. The molecule has 0 spiro atoms. The molecule has 0 aliphatic carbocycles. The predicted molar refractivity (Wildman–Crippen MR) is 64.1 cm³/mol. The van der Waals surface area contributed by atoms with Gasteiger partial charge in [-0.05, 0) is 31.2 Å². The zero-order valence-electron chi connectivity index (χ0n) is 9.46. The van der Waals surface area contributed by atoms with Gasteiger partial charge in [-0.1, -0.05) is 0 Å². The van der Waals surface area contributed by atoms with Gasteiger partial charge < -0.3 is 15.2 Å². The van der Waals surface area contributed by atoms with E-state index in [4.69, 9.17) is 15.2 Å². The van der Waals surface area contributed by atoms with Crippen LogP contribution in [0.15, 0.2) is 36.5 Å². The highest BCUT2D eigenvalue weighted by Crippen LogP contribution is 2.20. The normalized spacial score (nSPS) is 9.94. The Bertz CT molecular complexity index is 485. The molecule has 1 aromatic carbocycles. The lowest BCUT2D eigenvalue weighted by atomic mass is 10.3. The number of hydrogen-bond acceptors (Lipinski definition) is 5. The summed E-state index contributed by atoms with van der Waals surface area (Å²) in [6.07, 6.45) is 1.59. The second kappa shape index (κ2) is 5.16. The first-order valence-corrected chi connectivity index (χ1v) is 5.27. The van der Waals surface area contributed by atoms with Crippen LogP contribution in [0.4, 0.5) is 5.69 Å². The predicted octanol–water partition coefficient (Wildman–Crippen LogP) is 2.25. The largest absolute Gasteiger partial charge is 0.478 e. The molecule has 2 rings (SSSR count). The van der Waals surface area contributed by atoms with Crippen molar-refractivity contribution in [2.45, 2.75) is 6.92 Å². The van der Waals surface area contributed by atoms with E-state index >= 15 is 0 Å². The molecule has 0 amide bonds. The van der Waals surface area contributed by atoms with E-state index in [-0.39, 0.29) is 6.01 Å². The van der Waals surface area contributed by atoms with E-state index in [9.17, 15) is 0 Å². The first-order chi connectivity index (χ1) is 8.28. The third kappa shape index (κ3) is 3.07. The number of hydrogen-bond donors (Lipinski definition) is 1. The van der Waals surface area contributed by atoms with Gasteiger partial charge in [0.1, 0.15) is 5.75 Å². The number of rotatable bonds is 4. The van der Waals surface area contributed by atoms with Crippen LogP contribution in [0.1, 0.15) is 6.92 Å². The molecule has 2 N–H and O–H groups in total. The molecule has 1 heterocycles. The van der Waals surface area contributed by atoms with Gasteiger partial charge in [0.2, 0.25) is 5.88 Å². The van der Waals surface area contributed by atoms with Crippen molar-refractivity contribution < 1.29 is 9.47 Å². The van der Waals surface area contributed by atoms with Gasteiger partial charge in [0.15, 0.2) is 0 Å². The molecule has 17 heavy (non-hydrogen) atoms. The molecular weight excluding hydrogens is 218 g/mol. The van der Waals surface area contributed by atoms with Crippen molar-refractivity contribution in [1.29, 1.82) is 0 Å². The molecule has 0 saturated heterocycles. The van der Waals surface area contributed by atoms with E-state index in [1.54, 1.807) is 36.5 Å². The molecule has 5 heteroatoms. The lowest BCUT2D eigenvalue weighted by molar-refractivity contribution is 0.318. The Hall–Kier alpha value is -2.30. The van der Waals surface area contributed by atoms with Gasteiger partial charge in [0, 0.05) is 18.0 Å². The van der Waals surface area contributed by atoms with Crippen molar-refractivity contribution in [1.82, 2.24) is 9.97 Å². The molecule has 5 nitrogen and oxygen atoms in total. The summed E-state index contributed by atoms with van der Waals surface area (Å²) in [6, 6.07) is 8.95. The fourth-order valence-corrected chi connectivity index (χ4v) is 1.24. The quantitative estimate of drug-likeness (QED) is 0.817. The summed E-state index contributed by atoms with van der Waals surface area (Å²) in [5.41, 5.74) is 6.26. The van der Waals surface area contributed by atoms with Crippen LogP contribution in [0.25, 0.3) is 0 Å². The Morgan fingerprint density at radius 1 is 1.18 bits per heavy atom. The average Bonchev–Trinajstić information content (AvgIpc) is 2.33. The van der Waals surface area contributed by atoms with Crippen LogP contribution < -0.4 is 15.2 Å². The van der Waals surface area contributed by atoms with Crippen LogP contribution in [0.3, 0.4) is 0 Å². The topological polar surface area (TPSA) is 70.3 Å². The maximum atomic E-state index is 5.58. The number of ether oxygens (including phenoxy) is 2. The van der Waals surface area contributed by atoms with E-state index in [1.807, 2.05) is 6.92 Å². The lowest BCUT2D eigenvalue weighted by Crippen LogP contribution is -1.97. The Balaban J connectivity index is 2.12. The van der Waals surface area contributed by atoms with Crippen LogP contribution in [0.5, 0.6) is 17.6 Å². The molecule has 0 bridgehead atoms. The molecule has 0 atom stereocenters. The standard InChI is InChI=1S/C12H13N3O2/c1-2-16-11-7-8-14-12(15-11)17-10-5-3-9(13)4-6-10/h3-8H,2,13H2,1H3. The van der Waals surface area contributed by atoms with E-state index in [0.717, 1.165) is 0 Å². The van der Waals surface area contributed by atoms with Crippen molar-refractivity contribution in [3.63, 3.8) is 0 Å². The van der Waals surface area contributed by atoms with E-state index in [2.05, 4.69) is 9.97 Å². The SMILES string of the molecule is CCOc1ccnc(Oc2ccc(N)cc2)n1. The van der Waals surface area contributed by atoms with E-state index in [1.165, 1.54) is 0 Å². The fourth-order valence-electron chi connectivity index (χ4n) is 1.24. The summed E-state index contributed by atoms with van der Waals surface area (Å²) in [5.74, 6) is 1.13. The fraction of sp³-hybridized carbons (Fsp3) is 0.167. The van der Waals surface area contributed by atoms with Crippen LogP contribution in [0, 0.1) is 0 Å². The Labute approximate surface area is 99.2 Å². The Morgan fingerprint density at radius 3 is 2.65 bits per heavy atom. The maximum absolute atomic E-state index is 5.58. The Kier molecular flexibility index (Phi) is 3.40.